The SMILES string of the molecule is CC(C)(C)OC(=O)N1CCC(Oc2cc(O)cc3nc(Nc4c(Cl)ccc5c4OCO5)ncc23)CC1. The number of halogens is 1. The number of phenolic OH excluding ortho intramolecular Hbond substituents is 1. The zero-order valence-electron chi connectivity index (χ0n) is 20.2. The maximum atomic E-state index is 12.3. The normalized spacial score (nSPS) is 15.7. The van der Waals surface area contributed by atoms with Crippen molar-refractivity contribution >= 4 is 40.2 Å². The number of carbonyl (C=O) groups is 1. The van der Waals surface area contributed by atoms with Crippen molar-refractivity contribution < 1.29 is 28.8 Å². The van der Waals surface area contributed by atoms with Crippen molar-refractivity contribution in [2.75, 3.05) is 25.2 Å². The van der Waals surface area contributed by atoms with Gasteiger partial charge >= 0.3 is 6.09 Å². The van der Waals surface area contributed by atoms with Gasteiger partial charge in [-0.1, -0.05) is 11.6 Å². The third-order valence-electron chi connectivity index (χ3n) is 5.76. The molecule has 3 heterocycles. The van der Waals surface area contributed by atoms with Gasteiger partial charge in [-0.3, -0.25) is 0 Å². The average Bonchev–Trinajstić information content (AvgIpc) is 3.29. The molecule has 36 heavy (non-hydrogen) atoms. The van der Waals surface area contributed by atoms with Crippen LogP contribution in [-0.4, -0.2) is 57.7 Å². The molecule has 1 saturated heterocycles. The maximum Gasteiger partial charge on any atom is 0.410 e. The molecule has 1 amide bonds. The van der Waals surface area contributed by atoms with Crippen LogP contribution in [0, 0.1) is 0 Å². The number of carbonyl (C=O) groups excluding carboxylic acids is 1. The van der Waals surface area contributed by atoms with Gasteiger partial charge in [0.25, 0.3) is 0 Å². The molecule has 2 aromatic carbocycles. The van der Waals surface area contributed by atoms with Gasteiger partial charge in [-0.15, -0.1) is 0 Å². The van der Waals surface area contributed by atoms with Gasteiger partial charge in [-0.25, -0.2) is 14.8 Å². The van der Waals surface area contributed by atoms with Gasteiger partial charge in [-0.05, 0) is 32.9 Å². The lowest BCUT2D eigenvalue weighted by molar-refractivity contribution is 0.0128. The molecule has 3 aromatic rings. The first-order chi connectivity index (χ1) is 17.2. The van der Waals surface area contributed by atoms with Gasteiger partial charge in [-0.2, -0.15) is 0 Å². The number of amides is 1. The van der Waals surface area contributed by atoms with Crippen LogP contribution < -0.4 is 19.5 Å². The quantitative estimate of drug-likeness (QED) is 0.482. The summed E-state index contributed by atoms with van der Waals surface area (Å²) in [6.45, 7) is 6.69. The lowest BCUT2D eigenvalue weighted by Crippen LogP contribution is -2.44. The first-order valence-electron chi connectivity index (χ1n) is 11.7. The second-order valence-corrected chi connectivity index (χ2v) is 10.0. The van der Waals surface area contributed by atoms with Crippen LogP contribution in [0.4, 0.5) is 16.4 Å². The largest absolute Gasteiger partial charge is 0.508 e. The topological polar surface area (TPSA) is 115 Å². The first-order valence-corrected chi connectivity index (χ1v) is 12.0. The first kappa shape index (κ1) is 24.1. The highest BCUT2D eigenvalue weighted by Gasteiger charge is 2.28. The van der Waals surface area contributed by atoms with Crippen molar-refractivity contribution in [3.8, 4) is 23.0 Å². The molecule has 10 nitrogen and oxygen atoms in total. The van der Waals surface area contributed by atoms with Crippen LogP contribution in [0.15, 0.2) is 30.5 Å². The number of piperidine rings is 1. The third-order valence-corrected chi connectivity index (χ3v) is 6.07. The summed E-state index contributed by atoms with van der Waals surface area (Å²) in [7, 11) is 0. The Morgan fingerprint density at radius 2 is 2.00 bits per heavy atom. The van der Waals surface area contributed by atoms with E-state index in [0.29, 0.717) is 64.8 Å². The highest BCUT2D eigenvalue weighted by molar-refractivity contribution is 6.33. The minimum Gasteiger partial charge on any atom is -0.508 e. The fourth-order valence-corrected chi connectivity index (χ4v) is 4.28. The highest BCUT2D eigenvalue weighted by Crippen LogP contribution is 2.44. The van der Waals surface area contributed by atoms with Crippen LogP contribution in [0.3, 0.4) is 0 Å². The van der Waals surface area contributed by atoms with Gasteiger partial charge in [0, 0.05) is 44.3 Å². The number of nitrogens with zero attached hydrogens (tertiary/aromatic N) is 3. The minimum atomic E-state index is -0.536. The molecule has 0 bridgehead atoms. The van der Waals surface area contributed by atoms with Crippen molar-refractivity contribution in [2.24, 2.45) is 0 Å². The Hall–Kier alpha value is -3.66. The zero-order valence-corrected chi connectivity index (χ0v) is 21.0. The van der Waals surface area contributed by atoms with Crippen molar-refractivity contribution in [3.63, 3.8) is 0 Å². The molecule has 1 aromatic heterocycles. The molecule has 2 aliphatic heterocycles. The van der Waals surface area contributed by atoms with Crippen LogP contribution in [0.25, 0.3) is 10.9 Å². The summed E-state index contributed by atoms with van der Waals surface area (Å²) in [5.41, 5.74) is 0.458. The number of likely N-dealkylation sites (tertiary alicyclic amines) is 1. The molecule has 11 heteroatoms. The molecule has 2 aliphatic rings. The van der Waals surface area contributed by atoms with E-state index < -0.39 is 5.60 Å². The van der Waals surface area contributed by atoms with E-state index in [2.05, 4.69) is 15.3 Å². The number of aromatic nitrogens is 2. The van der Waals surface area contributed by atoms with E-state index in [1.165, 1.54) is 6.07 Å². The van der Waals surface area contributed by atoms with Crippen LogP contribution >= 0.6 is 11.6 Å². The van der Waals surface area contributed by atoms with Crippen molar-refractivity contribution in [3.05, 3.63) is 35.5 Å². The van der Waals surface area contributed by atoms with E-state index >= 15 is 0 Å². The van der Waals surface area contributed by atoms with Gasteiger partial charge in [0.1, 0.15) is 28.9 Å². The van der Waals surface area contributed by atoms with Crippen LogP contribution in [0.1, 0.15) is 33.6 Å². The number of ether oxygens (including phenoxy) is 4. The maximum absolute atomic E-state index is 12.3. The Morgan fingerprint density at radius 1 is 1.22 bits per heavy atom. The van der Waals surface area contributed by atoms with Crippen molar-refractivity contribution in [1.29, 1.82) is 0 Å². The number of fused-ring (bicyclic) bond motifs is 2. The molecule has 190 valence electrons. The minimum absolute atomic E-state index is 0.0173. The third kappa shape index (κ3) is 5.13. The van der Waals surface area contributed by atoms with Crippen LogP contribution in [-0.2, 0) is 4.74 Å². The Bertz CT molecular complexity index is 1300. The molecule has 0 radical (unpaired) electrons. The van der Waals surface area contributed by atoms with E-state index in [9.17, 15) is 9.90 Å². The van der Waals surface area contributed by atoms with Crippen LogP contribution in [0.5, 0.6) is 23.0 Å². The number of benzene rings is 2. The Labute approximate surface area is 213 Å². The fraction of sp³-hybridized carbons (Fsp3) is 0.400. The van der Waals surface area contributed by atoms with E-state index in [1.54, 1.807) is 29.3 Å². The van der Waals surface area contributed by atoms with Crippen molar-refractivity contribution in [1.82, 2.24) is 14.9 Å². The molecule has 5 rings (SSSR count). The summed E-state index contributed by atoms with van der Waals surface area (Å²) in [5, 5.41) is 14.5. The van der Waals surface area contributed by atoms with Gasteiger partial charge in [0.05, 0.1) is 15.9 Å². The second kappa shape index (κ2) is 9.42. The Kier molecular flexibility index (Phi) is 6.29. The number of anilines is 2. The monoisotopic (exact) mass is 514 g/mol. The number of aromatic hydroxyl groups is 1. The predicted octanol–water partition coefficient (Wildman–Crippen LogP) is 5.24. The molecule has 0 spiro atoms. The molecule has 1 fully saturated rings. The molecular weight excluding hydrogens is 488 g/mol. The molecule has 2 N–H and O–H groups in total. The average molecular weight is 515 g/mol. The second-order valence-electron chi connectivity index (χ2n) is 9.64. The van der Waals surface area contributed by atoms with Crippen molar-refractivity contribution in [2.45, 2.75) is 45.3 Å². The van der Waals surface area contributed by atoms with E-state index in [4.69, 9.17) is 30.5 Å². The zero-order chi connectivity index (χ0) is 25.4. The van der Waals surface area contributed by atoms with Gasteiger partial charge < -0.3 is 34.3 Å². The Morgan fingerprint density at radius 3 is 2.75 bits per heavy atom. The van der Waals surface area contributed by atoms with E-state index in [1.807, 2.05) is 20.8 Å². The summed E-state index contributed by atoms with van der Waals surface area (Å²) in [4.78, 5) is 23.0. The summed E-state index contributed by atoms with van der Waals surface area (Å²) >= 11 is 6.35. The molecule has 0 atom stereocenters. The molecule has 0 saturated carbocycles. The summed E-state index contributed by atoms with van der Waals surface area (Å²) in [6, 6.07) is 6.52. The number of rotatable bonds is 4. The molecule has 0 aliphatic carbocycles. The predicted molar refractivity (Wildman–Crippen MR) is 134 cm³/mol. The summed E-state index contributed by atoms with van der Waals surface area (Å²) in [6.07, 6.45) is 2.45. The number of hydrogen-bond acceptors (Lipinski definition) is 9. The standard InChI is InChI=1S/C25H27ClN4O6/c1-25(2,3)36-24(32)30-8-6-15(7-9-30)35-20-11-14(31)10-18-16(20)12-27-23(28-18)29-21-17(26)4-5-19-22(21)34-13-33-19/h4-5,10-12,15,31H,6-9,13H2,1-3H3,(H,27,28,29). The van der Waals surface area contributed by atoms with Gasteiger partial charge in [0.15, 0.2) is 11.5 Å². The Balaban J connectivity index is 1.31. The summed E-state index contributed by atoms with van der Waals surface area (Å²) < 4.78 is 22.6. The number of nitrogens with one attached hydrogen (secondary N) is 1. The lowest BCUT2D eigenvalue weighted by Gasteiger charge is -2.33. The summed E-state index contributed by atoms with van der Waals surface area (Å²) in [5.74, 6) is 1.83. The molecule has 0 unspecified atom stereocenters. The highest BCUT2D eigenvalue weighted by atomic mass is 35.5. The van der Waals surface area contributed by atoms with Gasteiger partial charge in [0.2, 0.25) is 12.7 Å². The van der Waals surface area contributed by atoms with E-state index in [0.717, 1.165) is 0 Å². The number of phenols is 1. The smallest absolute Gasteiger partial charge is 0.410 e. The lowest BCUT2D eigenvalue weighted by atomic mass is 10.1. The fourth-order valence-electron chi connectivity index (χ4n) is 4.09. The number of hydrogen-bond donors (Lipinski definition) is 2. The van der Waals surface area contributed by atoms with E-state index in [-0.39, 0.29) is 30.7 Å². The van der Waals surface area contributed by atoms with Crippen LogP contribution in [0.2, 0.25) is 5.02 Å². The molecular formula is C25H27ClN4O6.